The zero-order valence-corrected chi connectivity index (χ0v) is 15.7. The number of benzene rings is 1. The SMILES string of the molecule is CC1(C)[C@H]2CC[C@@]13CS(=O)(=O)N(C(=O)CSc1ccccc1)[C@H]3C2. The summed E-state index contributed by atoms with van der Waals surface area (Å²) in [5.41, 5.74) is -0.226. The molecule has 6 heteroatoms. The Kier molecular flexibility index (Phi) is 3.59. The minimum Gasteiger partial charge on any atom is -0.273 e. The molecule has 3 aliphatic rings. The van der Waals surface area contributed by atoms with Gasteiger partial charge in [-0.1, -0.05) is 32.0 Å². The monoisotopic (exact) mass is 365 g/mol. The maximum absolute atomic E-state index is 12.8. The van der Waals surface area contributed by atoms with Gasteiger partial charge in [-0.2, -0.15) is 0 Å². The van der Waals surface area contributed by atoms with Crippen molar-refractivity contribution in [2.45, 2.75) is 44.0 Å². The number of nitrogens with zero attached hydrogens (tertiary/aromatic N) is 1. The lowest BCUT2D eigenvalue weighted by atomic mass is 9.69. The normalized spacial score (nSPS) is 35.2. The number of hydrogen-bond acceptors (Lipinski definition) is 4. The van der Waals surface area contributed by atoms with Crippen molar-refractivity contribution in [3.05, 3.63) is 30.3 Å². The number of carbonyl (C=O) groups is 1. The van der Waals surface area contributed by atoms with Crippen molar-refractivity contribution in [2.24, 2.45) is 16.7 Å². The van der Waals surface area contributed by atoms with Crippen molar-refractivity contribution >= 4 is 27.7 Å². The lowest BCUT2D eigenvalue weighted by molar-refractivity contribution is -0.126. The van der Waals surface area contributed by atoms with Crippen molar-refractivity contribution in [3.8, 4) is 0 Å². The van der Waals surface area contributed by atoms with Crippen LogP contribution in [-0.4, -0.2) is 36.2 Å². The van der Waals surface area contributed by atoms with Gasteiger partial charge in [0, 0.05) is 10.3 Å². The van der Waals surface area contributed by atoms with E-state index in [0.29, 0.717) is 5.92 Å². The summed E-state index contributed by atoms with van der Waals surface area (Å²) in [7, 11) is -3.49. The number of fused-ring (bicyclic) bond motifs is 1. The maximum Gasteiger partial charge on any atom is 0.246 e. The second-order valence-corrected chi connectivity index (χ2v) is 10.8. The Morgan fingerprint density at radius 2 is 2.00 bits per heavy atom. The van der Waals surface area contributed by atoms with E-state index in [2.05, 4.69) is 13.8 Å². The molecular weight excluding hydrogens is 342 g/mol. The average Bonchev–Trinajstić information content (AvgIpc) is 3.01. The van der Waals surface area contributed by atoms with E-state index < -0.39 is 10.0 Å². The third-order valence-corrected chi connectivity index (χ3v) is 9.70. The first kappa shape index (κ1) is 16.5. The van der Waals surface area contributed by atoms with E-state index in [9.17, 15) is 13.2 Å². The van der Waals surface area contributed by atoms with Crippen LogP contribution in [0.1, 0.15) is 33.1 Å². The molecule has 0 N–H and O–H groups in total. The van der Waals surface area contributed by atoms with Crippen LogP contribution in [0.15, 0.2) is 35.2 Å². The van der Waals surface area contributed by atoms with Gasteiger partial charge in [0.25, 0.3) is 0 Å². The highest BCUT2D eigenvalue weighted by Gasteiger charge is 2.72. The van der Waals surface area contributed by atoms with Crippen LogP contribution < -0.4 is 0 Å². The molecule has 2 bridgehead atoms. The van der Waals surface area contributed by atoms with Crippen molar-refractivity contribution in [1.82, 2.24) is 4.31 Å². The highest BCUT2D eigenvalue weighted by Crippen LogP contribution is 2.69. The van der Waals surface area contributed by atoms with Gasteiger partial charge in [-0.3, -0.25) is 4.79 Å². The van der Waals surface area contributed by atoms with Crippen LogP contribution in [0.5, 0.6) is 0 Å². The molecule has 4 nitrogen and oxygen atoms in total. The predicted molar refractivity (Wildman–Crippen MR) is 95.1 cm³/mol. The van der Waals surface area contributed by atoms with Gasteiger partial charge in [0.1, 0.15) is 0 Å². The topological polar surface area (TPSA) is 54.5 Å². The lowest BCUT2D eigenvalue weighted by Gasteiger charge is -2.37. The van der Waals surface area contributed by atoms with Crippen LogP contribution in [0.4, 0.5) is 0 Å². The summed E-state index contributed by atoms with van der Waals surface area (Å²) < 4.78 is 26.9. The average molecular weight is 366 g/mol. The van der Waals surface area contributed by atoms with Gasteiger partial charge in [-0.05, 0) is 42.7 Å². The van der Waals surface area contributed by atoms with Gasteiger partial charge in [0.05, 0.1) is 17.5 Å². The van der Waals surface area contributed by atoms with Gasteiger partial charge in [-0.25, -0.2) is 12.7 Å². The van der Waals surface area contributed by atoms with Gasteiger partial charge >= 0.3 is 0 Å². The fourth-order valence-corrected chi connectivity index (χ4v) is 8.75. The molecule has 1 spiro atoms. The molecule has 1 saturated heterocycles. The highest BCUT2D eigenvalue weighted by molar-refractivity contribution is 8.00. The molecule has 24 heavy (non-hydrogen) atoms. The first-order valence-electron chi connectivity index (χ1n) is 8.51. The number of thioether (sulfide) groups is 1. The molecule has 1 heterocycles. The summed E-state index contributed by atoms with van der Waals surface area (Å²) in [4.78, 5) is 13.8. The minimum absolute atomic E-state index is 0.00629. The summed E-state index contributed by atoms with van der Waals surface area (Å²) in [5, 5.41) is 0. The summed E-state index contributed by atoms with van der Waals surface area (Å²) >= 11 is 1.41. The summed E-state index contributed by atoms with van der Waals surface area (Å²) in [5.74, 6) is 0.612. The molecule has 2 aliphatic carbocycles. The largest absolute Gasteiger partial charge is 0.273 e. The molecule has 130 valence electrons. The van der Waals surface area contributed by atoms with Crippen LogP contribution in [0, 0.1) is 16.7 Å². The van der Waals surface area contributed by atoms with Crippen molar-refractivity contribution in [2.75, 3.05) is 11.5 Å². The van der Waals surface area contributed by atoms with E-state index in [4.69, 9.17) is 0 Å². The van der Waals surface area contributed by atoms with Crippen LogP contribution in [0.2, 0.25) is 0 Å². The maximum atomic E-state index is 12.8. The zero-order chi connectivity index (χ0) is 17.2. The minimum atomic E-state index is -3.49. The molecule has 1 aromatic rings. The lowest BCUT2D eigenvalue weighted by Crippen LogP contribution is -2.44. The zero-order valence-electron chi connectivity index (χ0n) is 14.1. The molecule has 1 aliphatic heterocycles. The molecule has 0 radical (unpaired) electrons. The quantitative estimate of drug-likeness (QED) is 0.772. The van der Waals surface area contributed by atoms with Crippen molar-refractivity contribution in [1.29, 1.82) is 0 Å². The molecule has 2 saturated carbocycles. The molecule has 0 unspecified atom stereocenters. The van der Waals surface area contributed by atoms with Crippen LogP contribution in [0.25, 0.3) is 0 Å². The van der Waals surface area contributed by atoms with E-state index >= 15 is 0 Å². The van der Waals surface area contributed by atoms with Gasteiger partial charge in [-0.15, -0.1) is 11.8 Å². The smallest absolute Gasteiger partial charge is 0.246 e. The van der Waals surface area contributed by atoms with Gasteiger partial charge < -0.3 is 0 Å². The van der Waals surface area contributed by atoms with E-state index in [1.807, 2.05) is 30.3 Å². The van der Waals surface area contributed by atoms with Crippen molar-refractivity contribution < 1.29 is 13.2 Å². The number of hydrogen-bond donors (Lipinski definition) is 0. The van der Waals surface area contributed by atoms with Crippen LogP contribution >= 0.6 is 11.8 Å². The second-order valence-electron chi connectivity index (χ2n) is 7.91. The Labute approximate surface area is 148 Å². The van der Waals surface area contributed by atoms with Gasteiger partial charge in [0.15, 0.2) is 0 Å². The number of rotatable bonds is 3. The Morgan fingerprint density at radius 1 is 1.29 bits per heavy atom. The van der Waals surface area contributed by atoms with Crippen LogP contribution in [0.3, 0.4) is 0 Å². The molecule has 1 aromatic carbocycles. The summed E-state index contributed by atoms with van der Waals surface area (Å²) in [6, 6.07) is 9.54. The Hall–Kier alpha value is -1.01. The number of sulfonamides is 1. The Morgan fingerprint density at radius 3 is 2.67 bits per heavy atom. The third-order valence-electron chi connectivity index (χ3n) is 6.76. The predicted octanol–water partition coefficient (Wildman–Crippen LogP) is 3.15. The van der Waals surface area contributed by atoms with E-state index in [0.717, 1.165) is 24.2 Å². The third kappa shape index (κ3) is 2.11. The Balaban J connectivity index is 1.58. The molecule has 0 aromatic heterocycles. The molecule has 3 atom stereocenters. The van der Waals surface area contributed by atoms with E-state index in [1.54, 1.807) is 0 Å². The molecule has 4 rings (SSSR count). The highest BCUT2D eigenvalue weighted by atomic mass is 32.2. The van der Waals surface area contributed by atoms with Crippen LogP contribution in [-0.2, 0) is 14.8 Å². The fraction of sp³-hybridized carbons (Fsp3) is 0.611. The first-order valence-corrected chi connectivity index (χ1v) is 11.1. The fourth-order valence-electron chi connectivity index (χ4n) is 5.34. The summed E-state index contributed by atoms with van der Waals surface area (Å²) in [6.45, 7) is 4.40. The second kappa shape index (κ2) is 5.24. The Bertz CT molecular complexity index is 775. The standard InChI is InChI=1S/C18H23NO3S2/c1-17(2)13-8-9-18(17)12-24(21,22)19(15(18)10-13)16(20)11-23-14-6-4-3-5-7-14/h3-7,13,15H,8-12H2,1-2H3/t13-,15-,18-/m0/s1. The molecule has 3 fully saturated rings. The first-order chi connectivity index (χ1) is 11.3. The van der Waals surface area contributed by atoms with E-state index in [1.165, 1.54) is 16.1 Å². The number of carbonyl (C=O) groups excluding carboxylic acids is 1. The van der Waals surface area contributed by atoms with Crippen molar-refractivity contribution in [3.63, 3.8) is 0 Å². The number of amides is 1. The molecular formula is C18H23NO3S2. The van der Waals surface area contributed by atoms with Gasteiger partial charge in [0.2, 0.25) is 15.9 Å². The van der Waals surface area contributed by atoms with E-state index in [-0.39, 0.29) is 34.3 Å². The summed E-state index contributed by atoms with van der Waals surface area (Å²) in [6.07, 6.45) is 2.87. The molecule has 1 amide bonds.